The van der Waals surface area contributed by atoms with Gasteiger partial charge in [0.1, 0.15) is 11.6 Å². The molecule has 3 nitrogen and oxygen atoms in total. The molecule has 0 saturated carbocycles. The first-order valence-corrected chi connectivity index (χ1v) is 6.28. The molecule has 0 saturated heterocycles. The number of nitrogens with one attached hydrogen (secondary N) is 1. The van der Waals surface area contributed by atoms with Crippen molar-refractivity contribution in [3.8, 4) is 11.8 Å². The first-order chi connectivity index (χ1) is 9.63. The van der Waals surface area contributed by atoms with Crippen LogP contribution in [0.25, 0.3) is 0 Å². The third-order valence-corrected chi connectivity index (χ3v) is 3.17. The van der Waals surface area contributed by atoms with Gasteiger partial charge in [0.25, 0.3) is 0 Å². The maximum atomic E-state index is 13.1. The van der Waals surface area contributed by atoms with Gasteiger partial charge in [0.15, 0.2) is 0 Å². The van der Waals surface area contributed by atoms with Gasteiger partial charge < -0.3 is 10.1 Å². The highest BCUT2D eigenvalue weighted by Gasteiger charge is 2.06. The van der Waals surface area contributed by atoms with E-state index in [4.69, 9.17) is 21.6 Å². The quantitative estimate of drug-likeness (QED) is 0.926. The minimum atomic E-state index is -0.358. The lowest BCUT2D eigenvalue weighted by atomic mass is 10.1. The lowest BCUT2D eigenvalue weighted by Crippen LogP contribution is -2.02. The van der Waals surface area contributed by atoms with E-state index in [9.17, 15) is 4.39 Å². The first kappa shape index (κ1) is 14.2. The number of nitriles is 1. The van der Waals surface area contributed by atoms with Crippen molar-refractivity contribution in [3.05, 3.63) is 58.4 Å². The molecule has 0 atom stereocenters. The topological polar surface area (TPSA) is 45.0 Å². The van der Waals surface area contributed by atoms with Crippen LogP contribution in [0.5, 0.6) is 5.75 Å². The van der Waals surface area contributed by atoms with E-state index < -0.39 is 0 Å². The zero-order valence-electron chi connectivity index (χ0n) is 10.8. The molecule has 0 spiro atoms. The number of rotatable bonds is 4. The van der Waals surface area contributed by atoms with Crippen molar-refractivity contribution in [1.82, 2.24) is 0 Å². The largest absolute Gasteiger partial charge is 0.494 e. The number of benzene rings is 2. The van der Waals surface area contributed by atoms with Crippen molar-refractivity contribution in [2.45, 2.75) is 6.54 Å². The molecule has 20 heavy (non-hydrogen) atoms. The maximum Gasteiger partial charge on any atom is 0.144 e. The first-order valence-electron chi connectivity index (χ1n) is 5.90. The number of nitrogens with zero attached hydrogens (tertiary/aromatic N) is 1. The average Bonchev–Trinajstić information content (AvgIpc) is 2.46. The fourth-order valence-electron chi connectivity index (χ4n) is 1.76. The van der Waals surface area contributed by atoms with Gasteiger partial charge in [-0.1, -0.05) is 17.7 Å². The summed E-state index contributed by atoms with van der Waals surface area (Å²) in [6.45, 7) is 0.451. The van der Waals surface area contributed by atoms with Crippen molar-refractivity contribution in [3.63, 3.8) is 0 Å². The molecule has 0 aromatic heterocycles. The Hall–Kier alpha value is -2.25. The Morgan fingerprint density at radius 3 is 2.75 bits per heavy atom. The predicted octanol–water partition coefficient (Wildman–Crippen LogP) is 3.97. The Labute approximate surface area is 121 Å². The second-order valence-electron chi connectivity index (χ2n) is 4.12. The van der Waals surface area contributed by atoms with E-state index in [1.54, 1.807) is 24.3 Å². The van der Waals surface area contributed by atoms with Crippen molar-refractivity contribution in [2.75, 3.05) is 12.4 Å². The Morgan fingerprint density at radius 1 is 1.30 bits per heavy atom. The third-order valence-electron chi connectivity index (χ3n) is 2.82. The van der Waals surface area contributed by atoms with Crippen LogP contribution >= 0.6 is 11.6 Å². The lowest BCUT2D eigenvalue weighted by molar-refractivity contribution is 0.413. The standard InChI is InChI=1S/C15H12ClFN2O/c1-20-15-7-12(17)4-5-14(15)19-9-11-3-2-10(8-18)6-13(11)16/h2-7,19H,9H2,1H3. The van der Waals surface area contributed by atoms with Crippen molar-refractivity contribution in [1.29, 1.82) is 5.26 Å². The van der Waals surface area contributed by atoms with Gasteiger partial charge in [0.05, 0.1) is 24.4 Å². The minimum Gasteiger partial charge on any atom is -0.494 e. The highest BCUT2D eigenvalue weighted by atomic mass is 35.5. The molecule has 0 amide bonds. The van der Waals surface area contributed by atoms with Gasteiger partial charge in [0, 0.05) is 17.6 Å². The van der Waals surface area contributed by atoms with Crippen molar-refractivity contribution < 1.29 is 9.13 Å². The Morgan fingerprint density at radius 2 is 2.10 bits per heavy atom. The Bertz CT molecular complexity index is 667. The summed E-state index contributed by atoms with van der Waals surface area (Å²) < 4.78 is 18.2. The summed E-state index contributed by atoms with van der Waals surface area (Å²) in [5.41, 5.74) is 2.03. The maximum absolute atomic E-state index is 13.1. The van der Waals surface area contributed by atoms with Crippen LogP contribution in [0.1, 0.15) is 11.1 Å². The van der Waals surface area contributed by atoms with E-state index in [1.165, 1.54) is 19.2 Å². The summed E-state index contributed by atoms with van der Waals surface area (Å²) in [6, 6.07) is 11.4. The van der Waals surface area contributed by atoms with E-state index in [-0.39, 0.29) is 5.82 Å². The lowest BCUT2D eigenvalue weighted by Gasteiger charge is -2.12. The molecule has 0 heterocycles. The molecule has 0 aliphatic heterocycles. The molecule has 102 valence electrons. The minimum absolute atomic E-state index is 0.358. The highest BCUT2D eigenvalue weighted by molar-refractivity contribution is 6.31. The predicted molar refractivity (Wildman–Crippen MR) is 76.4 cm³/mol. The molecular formula is C15H12ClFN2O. The van der Waals surface area contributed by atoms with E-state index in [0.717, 1.165) is 5.56 Å². The van der Waals surface area contributed by atoms with Crippen molar-refractivity contribution in [2.24, 2.45) is 0 Å². The normalized spacial score (nSPS) is 9.90. The highest BCUT2D eigenvalue weighted by Crippen LogP contribution is 2.26. The fraction of sp³-hybridized carbons (Fsp3) is 0.133. The molecule has 0 bridgehead atoms. The van der Waals surface area contributed by atoms with E-state index in [0.29, 0.717) is 28.6 Å². The van der Waals surface area contributed by atoms with Gasteiger partial charge >= 0.3 is 0 Å². The smallest absolute Gasteiger partial charge is 0.144 e. The molecule has 2 aromatic carbocycles. The summed E-state index contributed by atoms with van der Waals surface area (Å²) in [4.78, 5) is 0. The van der Waals surface area contributed by atoms with Gasteiger partial charge in [-0.15, -0.1) is 0 Å². The van der Waals surface area contributed by atoms with Crippen LogP contribution in [-0.4, -0.2) is 7.11 Å². The van der Waals surface area contributed by atoms with Crippen LogP contribution in [0.3, 0.4) is 0 Å². The fourth-order valence-corrected chi connectivity index (χ4v) is 2.01. The number of hydrogen-bond acceptors (Lipinski definition) is 3. The van der Waals surface area contributed by atoms with Crippen LogP contribution in [0, 0.1) is 17.1 Å². The summed E-state index contributed by atoms with van der Waals surface area (Å²) in [6.07, 6.45) is 0. The zero-order chi connectivity index (χ0) is 14.5. The second-order valence-corrected chi connectivity index (χ2v) is 4.52. The number of halogens is 2. The number of ether oxygens (including phenoxy) is 1. The van der Waals surface area contributed by atoms with E-state index in [2.05, 4.69) is 5.32 Å². The number of methoxy groups -OCH3 is 1. The molecule has 2 aromatic rings. The Kier molecular flexibility index (Phi) is 4.44. The summed E-state index contributed by atoms with van der Waals surface area (Å²) in [7, 11) is 1.48. The molecule has 2 rings (SSSR count). The number of anilines is 1. The van der Waals surface area contributed by atoms with Crippen LogP contribution in [0.4, 0.5) is 10.1 Å². The van der Waals surface area contributed by atoms with Gasteiger partial charge in [-0.3, -0.25) is 0 Å². The molecule has 0 radical (unpaired) electrons. The molecule has 0 unspecified atom stereocenters. The van der Waals surface area contributed by atoms with Crippen LogP contribution in [-0.2, 0) is 6.54 Å². The van der Waals surface area contributed by atoms with Gasteiger partial charge in [0.2, 0.25) is 0 Å². The molecule has 0 aliphatic carbocycles. The van der Waals surface area contributed by atoms with E-state index in [1.807, 2.05) is 6.07 Å². The molecule has 0 aliphatic rings. The van der Waals surface area contributed by atoms with E-state index >= 15 is 0 Å². The molecule has 1 N–H and O–H groups in total. The number of hydrogen-bond donors (Lipinski definition) is 1. The van der Waals surface area contributed by atoms with Crippen LogP contribution in [0.2, 0.25) is 5.02 Å². The summed E-state index contributed by atoms with van der Waals surface area (Å²) in [5, 5.41) is 12.4. The van der Waals surface area contributed by atoms with Gasteiger partial charge in [-0.25, -0.2) is 4.39 Å². The van der Waals surface area contributed by atoms with Gasteiger partial charge in [-0.05, 0) is 29.8 Å². The molecular weight excluding hydrogens is 279 g/mol. The molecule has 5 heteroatoms. The third kappa shape index (κ3) is 3.19. The monoisotopic (exact) mass is 290 g/mol. The zero-order valence-corrected chi connectivity index (χ0v) is 11.5. The molecule has 0 fully saturated rings. The SMILES string of the molecule is COc1cc(F)ccc1NCc1ccc(C#N)cc1Cl. The van der Waals surface area contributed by atoms with Crippen LogP contribution < -0.4 is 10.1 Å². The van der Waals surface area contributed by atoms with Crippen LogP contribution in [0.15, 0.2) is 36.4 Å². The Balaban J connectivity index is 2.15. The summed E-state index contributed by atoms with van der Waals surface area (Å²) in [5.74, 6) is 0.0681. The summed E-state index contributed by atoms with van der Waals surface area (Å²) >= 11 is 6.09. The van der Waals surface area contributed by atoms with Crippen molar-refractivity contribution >= 4 is 17.3 Å². The van der Waals surface area contributed by atoms with Gasteiger partial charge in [-0.2, -0.15) is 5.26 Å². The second kappa shape index (κ2) is 6.27. The average molecular weight is 291 g/mol.